The highest BCUT2D eigenvalue weighted by Gasteiger charge is 2.17. The van der Waals surface area contributed by atoms with Gasteiger partial charge in [-0.25, -0.2) is 0 Å². The van der Waals surface area contributed by atoms with Crippen LogP contribution in [0.25, 0.3) is 0 Å². The fraction of sp³-hybridized carbons (Fsp3) is 0.591. The SMILES string of the molecule is CCCCCCCCCCn1c(C)cc(C)[n+]1Cc1ccccc1. The summed E-state index contributed by atoms with van der Waals surface area (Å²) in [5, 5.41) is 0. The molecule has 2 heteroatoms. The minimum absolute atomic E-state index is 0.970. The van der Waals surface area contributed by atoms with E-state index in [1.807, 2.05) is 0 Å². The first-order valence-electron chi connectivity index (χ1n) is 9.83. The van der Waals surface area contributed by atoms with E-state index >= 15 is 0 Å². The first-order valence-corrected chi connectivity index (χ1v) is 9.83. The molecule has 24 heavy (non-hydrogen) atoms. The van der Waals surface area contributed by atoms with E-state index in [-0.39, 0.29) is 0 Å². The maximum Gasteiger partial charge on any atom is 0.205 e. The molecule has 2 rings (SSSR count). The summed E-state index contributed by atoms with van der Waals surface area (Å²) in [6.45, 7) is 8.85. The lowest BCUT2D eigenvalue weighted by molar-refractivity contribution is -0.773. The zero-order chi connectivity index (χ0) is 17.2. The highest BCUT2D eigenvalue weighted by atomic mass is 15.4. The van der Waals surface area contributed by atoms with Gasteiger partial charge >= 0.3 is 0 Å². The van der Waals surface area contributed by atoms with E-state index in [0.717, 1.165) is 13.1 Å². The van der Waals surface area contributed by atoms with Crippen LogP contribution in [0.4, 0.5) is 0 Å². The predicted octanol–water partition coefficient (Wildman–Crippen LogP) is 5.58. The first kappa shape index (κ1) is 18.8. The van der Waals surface area contributed by atoms with E-state index in [0.29, 0.717) is 0 Å². The molecule has 0 aliphatic heterocycles. The third-order valence-corrected chi connectivity index (χ3v) is 4.92. The zero-order valence-corrected chi connectivity index (χ0v) is 15.9. The van der Waals surface area contributed by atoms with Gasteiger partial charge in [-0.1, -0.05) is 82.2 Å². The molecule has 0 fully saturated rings. The van der Waals surface area contributed by atoms with Crippen LogP contribution in [0, 0.1) is 13.8 Å². The molecule has 0 amide bonds. The molecule has 0 unspecified atom stereocenters. The van der Waals surface area contributed by atoms with Gasteiger partial charge in [-0.3, -0.25) is 0 Å². The molecule has 1 aromatic heterocycles. The monoisotopic (exact) mass is 327 g/mol. The summed E-state index contributed by atoms with van der Waals surface area (Å²) in [7, 11) is 0. The summed E-state index contributed by atoms with van der Waals surface area (Å²) >= 11 is 0. The quantitative estimate of drug-likeness (QED) is 0.376. The van der Waals surface area contributed by atoms with Crippen LogP contribution in [0.1, 0.15) is 75.2 Å². The van der Waals surface area contributed by atoms with Gasteiger partial charge in [0.25, 0.3) is 0 Å². The van der Waals surface area contributed by atoms with E-state index in [4.69, 9.17) is 0 Å². The molecule has 0 aliphatic rings. The molecule has 0 saturated carbocycles. The van der Waals surface area contributed by atoms with Crippen molar-refractivity contribution in [1.29, 1.82) is 0 Å². The van der Waals surface area contributed by atoms with Crippen molar-refractivity contribution in [1.82, 2.24) is 4.68 Å². The van der Waals surface area contributed by atoms with Gasteiger partial charge in [0.2, 0.25) is 5.69 Å². The fourth-order valence-corrected chi connectivity index (χ4v) is 3.49. The second-order valence-electron chi connectivity index (χ2n) is 7.07. The van der Waals surface area contributed by atoms with Crippen LogP contribution >= 0.6 is 0 Å². The van der Waals surface area contributed by atoms with E-state index in [1.165, 1.54) is 68.3 Å². The van der Waals surface area contributed by atoms with Crippen LogP contribution in [0.5, 0.6) is 0 Å². The topological polar surface area (TPSA) is 8.81 Å². The largest absolute Gasteiger partial charge is 0.205 e. The maximum atomic E-state index is 2.47. The summed E-state index contributed by atoms with van der Waals surface area (Å²) in [6, 6.07) is 13.1. The summed E-state index contributed by atoms with van der Waals surface area (Å²) in [5.41, 5.74) is 4.11. The number of benzene rings is 1. The number of aryl methyl sites for hydroxylation is 2. The minimum atomic E-state index is 0.970. The Kier molecular flexibility index (Phi) is 8.07. The molecule has 1 heterocycles. The zero-order valence-electron chi connectivity index (χ0n) is 15.9. The van der Waals surface area contributed by atoms with Gasteiger partial charge in [-0.15, -0.1) is 4.68 Å². The van der Waals surface area contributed by atoms with Crippen molar-refractivity contribution in [3.05, 3.63) is 53.3 Å². The second kappa shape index (κ2) is 10.3. The van der Waals surface area contributed by atoms with Gasteiger partial charge in [0.05, 0.1) is 12.2 Å². The molecule has 0 N–H and O–H groups in total. The van der Waals surface area contributed by atoms with E-state index < -0.39 is 0 Å². The Hall–Kier alpha value is -1.57. The molecule has 0 saturated heterocycles. The number of hydrogen-bond donors (Lipinski definition) is 0. The van der Waals surface area contributed by atoms with Crippen molar-refractivity contribution in [2.24, 2.45) is 0 Å². The normalized spacial score (nSPS) is 11.1. The Morgan fingerprint density at radius 1 is 0.833 bits per heavy atom. The van der Waals surface area contributed by atoms with E-state index in [9.17, 15) is 0 Å². The predicted molar refractivity (Wildman–Crippen MR) is 102 cm³/mol. The van der Waals surface area contributed by atoms with Gasteiger partial charge in [0.15, 0.2) is 6.54 Å². The molecule has 1 aromatic carbocycles. The van der Waals surface area contributed by atoms with Crippen molar-refractivity contribution >= 4 is 0 Å². The molecule has 132 valence electrons. The number of aromatic nitrogens is 2. The number of rotatable bonds is 11. The van der Waals surface area contributed by atoms with Crippen molar-refractivity contribution in [3.8, 4) is 0 Å². The van der Waals surface area contributed by atoms with E-state index in [1.54, 1.807) is 0 Å². The highest BCUT2D eigenvalue weighted by Crippen LogP contribution is 2.10. The Morgan fingerprint density at radius 3 is 2.12 bits per heavy atom. The lowest BCUT2D eigenvalue weighted by Gasteiger charge is -2.07. The van der Waals surface area contributed by atoms with Crippen molar-refractivity contribution in [2.45, 2.75) is 85.2 Å². The molecular formula is C22H35N2+. The molecule has 0 aliphatic carbocycles. The molecule has 0 radical (unpaired) electrons. The molecule has 0 spiro atoms. The summed E-state index contributed by atoms with van der Waals surface area (Å²) in [4.78, 5) is 0. The summed E-state index contributed by atoms with van der Waals surface area (Å²) in [5.74, 6) is 0. The van der Waals surface area contributed by atoms with Crippen LogP contribution in [-0.2, 0) is 13.1 Å². The van der Waals surface area contributed by atoms with Crippen molar-refractivity contribution < 1.29 is 4.68 Å². The van der Waals surface area contributed by atoms with Gasteiger partial charge in [-0.2, -0.15) is 4.68 Å². The van der Waals surface area contributed by atoms with Crippen LogP contribution < -0.4 is 4.68 Å². The molecule has 2 aromatic rings. The van der Waals surface area contributed by atoms with Gasteiger partial charge in [-0.05, 0) is 13.3 Å². The fourth-order valence-electron chi connectivity index (χ4n) is 3.49. The average molecular weight is 328 g/mol. The molecule has 0 bridgehead atoms. The lowest BCUT2D eigenvalue weighted by atomic mass is 10.1. The Labute approximate surface area is 148 Å². The van der Waals surface area contributed by atoms with Crippen molar-refractivity contribution in [2.75, 3.05) is 0 Å². The second-order valence-corrected chi connectivity index (χ2v) is 7.07. The number of hydrogen-bond acceptors (Lipinski definition) is 0. The van der Waals surface area contributed by atoms with Crippen LogP contribution in [0.2, 0.25) is 0 Å². The smallest absolute Gasteiger partial charge is 0.158 e. The van der Waals surface area contributed by atoms with Crippen LogP contribution in [0.3, 0.4) is 0 Å². The van der Waals surface area contributed by atoms with Crippen molar-refractivity contribution in [3.63, 3.8) is 0 Å². The minimum Gasteiger partial charge on any atom is -0.158 e. The summed E-state index contributed by atoms with van der Waals surface area (Å²) in [6.07, 6.45) is 11.0. The third kappa shape index (κ3) is 5.81. The first-order chi connectivity index (χ1) is 11.7. The molecule has 2 nitrogen and oxygen atoms in total. The Morgan fingerprint density at radius 2 is 1.46 bits per heavy atom. The molecule has 0 atom stereocenters. The van der Waals surface area contributed by atoms with Gasteiger partial charge in [0, 0.05) is 18.6 Å². The number of nitrogens with zero attached hydrogens (tertiary/aromatic N) is 2. The van der Waals surface area contributed by atoms with Gasteiger partial charge in [0.1, 0.15) is 0 Å². The highest BCUT2D eigenvalue weighted by molar-refractivity contribution is 5.13. The average Bonchev–Trinajstić information content (AvgIpc) is 2.85. The molecular weight excluding hydrogens is 292 g/mol. The third-order valence-electron chi connectivity index (χ3n) is 4.92. The standard InChI is InChI=1S/C22H35N2/c1-4-5-6-7-8-9-10-14-17-23-20(2)18-21(3)24(23)19-22-15-12-11-13-16-22/h11-13,15-16,18H,4-10,14,17,19H2,1-3H3/q+1. The van der Waals surface area contributed by atoms with E-state index in [2.05, 4.69) is 66.5 Å². The van der Waals surface area contributed by atoms with Crippen LogP contribution in [0.15, 0.2) is 36.4 Å². The van der Waals surface area contributed by atoms with Gasteiger partial charge < -0.3 is 0 Å². The summed E-state index contributed by atoms with van der Waals surface area (Å²) < 4.78 is 4.91. The lowest BCUT2D eigenvalue weighted by Crippen LogP contribution is -2.46. The maximum absolute atomic E-state index is 2.47. The Balaban J connectivity index is 1.82. The van der Waals surface area contributed by atoms with Crippen LogP contribution in [-0.4, -0.2) is 4.68 Å². The Bertz CT molecular complexity index is 584. The number of unbranched alkanes of at least 4 members (excludes halogenated alkanes) is 7.